The van der Waals surface area contributed by atoms with Crippen molar-refractivity contribution in [1.82, 2.24) is 10.0 Å². The molecule has 8 nitrogen and oxygen atoms in total. The standard InChI is InChI=1S/C28H34N2O6S2/c1-19(2)25(26(31)36-28(3,4)5)30-38(33,34)24-14-10-21(11-15-24)20-8-12-22(13-9-20)35-27(32)29-17-16-23-7-6-18-37-23/h6-15,18-19,25,30H,16-17H2,1-5H3,(H,29,32)/t25-/m1/s1. The van der Waals surface area contributed by atoms with Gasteiger partial charge in [-0.1, -0.05) is 44.2 Å². The van der Waals surface area contributed by atoms with E-state index < -0.39 is 33.7 Å². The molecule has 0 aliphatic carbocycles. The highest BCUT2D eigenvalue weighted by Crippen LogP contribution is 2.24. The Bertz CT molecular complexity index is 1310. The Morgan fingerprint density at radius 1 is 0.947 bits per heavy atom. The molecule has 1 aromatic heterocycles. The minimum atomic E-state index is -3.96. The van der Waals surface area contributed by atoms with E-state index in [0.29, 0.717) is 12.3 Å². The van der Waals surface area contributed by atoms with Crippen LogP contribution in [-0.4, -0.2) is 38.7 Å². The topological polar surface area (TPSA) is 111 Å². The first-order chi connectivity index (χ1) is 17.8. The van der Waals surface area contributed by atoms with Gasteiger partial charge in [0.25, 0.3) is 0 Å². The van der Waals surface area contributed by atoms with Crippen molar-refractivity contribution in [3.05, 3.63) is 70.9 Å². The number of hydrogen-bond acceptors (Lipinski definition) is 7. The number of amides is 1. The molecule has 0 aliphatic heterocycles. The van der Waals surface area contributed by atoms with Gasteiger partial charge in [-0.15, -0.1) is 11.3 Å². The Hall–Kier alpha value is -3.21. The van der Waals surface area contributed by atoms with Crippen LogP contribution in [0.4, 0.5) is 4.79 Å². The molecular formula is C28H34N2O6S2. The van der Waals surface area contributed by atoms with Crippen LogP contribution in [0, 0.1) is 5.92 Å². The van der Waals surface area contributed by atoms with Crippen LogP contribution in [0.25, 0.3) is 11.1 Å². The van der Waals surface area contributed by atoms with E-state index in [2.05, 4.69) is 10.0 Å². The molecule has 3 rings (SSSR count). The lowest BCUT2D eigenvalue weighted by molar-refractivity contribution is -0.158. The van der Waals surface area contributed by atoms with Crippen molar-refractivity contribution in [2.45, 2.75) is 57.6 Å². The summed E-state index contributed by atoms with van der Waals surface area (Å²) in [6, 6.07) is 16.2. The number of benzene rings is 2. The lowest BCUT2D eigenvalue weighted by atomic mass is 10.1. The number of hydrogen-bond donors (Lipinski definition) is 2. The van der Waals surface area contributed by atoms with Gasteiger partial charge in [0.15, 0.2) is 0 Å². The van der Waals surface area contributed by atoms with E-state index in [4.69, 9.17) is 9.47 Å². The predicted molar refractivity (Wildman–Crippen MR) is 149 cm³/mol. The van der Waals surface area contributed by atoms with Gasteiger partial charge in [0.05, 0.1) is 4.90 Å². The van der Waals surface area contributed by atoms with Crippen molar-refractivity contribution in [2.24, 2.45) is 5.92 Å². The van der Waals surface area contributed by atoms with E-state index in [0.717, 1.165) is 17.5 Å². The molecule has 38 heavy (non-hydrogen) atoms. The maximum atomic E-state index is 13.0. The highest BCUT2D eigenvalue weighted by atomic mass is 32.2. The minimum absolute atomic E-state index is 0.0367. The maximum Gasteiger partial charge on any atom is 0.412 e. The maximum absolute atomic E-state index is 13.0. The SMILES string of the molecule is CC(C)[C@@H](NS(=O)(=O)c1ccc(-c2ccc(OC(=O)NCCc3cccs3)cc2)cc1)C(=O)OC(C)(C)C. The number of ether oxygens (including phenoxy) is 2. The Morgan fingerprint density at radius 2 is 1.55 bits per heavy atom. The number of nitrogens with one attached hydrogen (secondary N) is 2. The quantitative estimate of drug-likeness (QED) is 0.323. The summed E-state index contributed by atoms with van der Waals surface area (Å²) in [6.45, 7) is 9.19. The van der Waals surface area contributed by atoms with Crippen LogP contribution in [0.1, 0.15) is 39.5 Å². The van der Waals surface area contributed by atoms with Crippen molar-refractivity contribution >= 4 is 33.4 Å². The Morgan fingerprint density at radius 3 is 2.08 bits per heavy atom. The summed E-state index contributed by atoms with van der Waals surface area (Å²) < 4.78 is 39.2. The molecule has 0 bridgehead atoms. The van der Waals surface area contributed by atoms with Gasteiger partial charge < -0.3 is 14.8 Å². The summed E-state index contributed by atoms with van der Waals surface area (Å²) >= 11 is 1.64. The molecule has 0 fully saturated rings. The average Bonchev–Trinajstić information content (AvgIpc) is 3.35. The third-order valence-electron chi connectivity index (χ3n) is 5.39. The van der Waals surface area contributed by atoms with E-state index in [1.807, 2.05) is 17.5 Å². The van der Waals surface area contributed by atoms with Gasteiger partial charge in [0.2, 0.25) is 10.0 Å². The lowest BCUT2D eigenvalue weighted by Gasteiger charge is -2.26. The van der Waals surface area contributed by atoms with E-state index >= 15 is 0 Å². The average molecular weight is 559 g/mol. The summed E-state index contributed by atoms with van der Waals surface area (Å²) in [6.07, 6.45) is 0.217. The number of rotatable bonds is 10. The smallest absolute Gasteiger partial charge is 0.412 e. The monoisotopic (exact) mass is 558 g/mol. The number of sulfonamides is 1. The molecular weight excluding hydrogens is 524 g/mol. The fourth-order valence-electron chi connectivity index (χ4n) is 3.48. The van der Waals surface area contributed by atoms with Crippen molar-refractivity contribution in [1.29, 1.82) is 0 Å². The van der Waals surface area contributed by atoms with Gasteiger partial charge in [-0.25, -0.2) is 13.2 Å². The minimum Gasteiger partial charge on any atom is -0.459 e. The first-order valence-electron chi connectivity index (χ1n) is 12.3. The summed E-state index contributed by atoms with van der Waals surface area (Å²) in [5.41, 5.74) is 0.871. The predicted octanol–water partition coefficient (Wildman–Crippen LogP) is 5.39. The van der Waals surface area contributed by atoms with Gasteiger partial charge in [-0.2, -0.15) is 4.72 Å². The normalized spacial score (nSPS) is 12.7. The summed E-state index contributed by atoms with van der Waals surface area (Å²) in [4.78, 5) is 25.8. The second-order valence-electron chi connectivity index (χ2n) is 10.1. The second kappa shape index (κ2) is 12.6. The third kappa shape index (κ3) is 8.68. The van der Waals surface area contributed by atoms with Crippen LogP contribution in [0.3, 0.4) is 0 Å². The van der Waals surface area contributed by atoms with Crippen LogP contribution in [-0.2, 0) is 26.0 Å². The van der Waals surface area contributed by atoms with Crippen molar-refractivity contribution in [2.75, 3.05) is 6.54 Å². The van der Waals surface area contributed by atoms with E-state index in [-0.39, 0.29) is 10.8 Å². The second-order valence-corrected chi connectivity index (χ2v) is 12.8. The van der Waals surface area contributed by atoms with E-state index in [1.54, 1.807) is 82.4 Å². The van der Waals surface area contributed by atoms with Crippen molar-refractivity contribution in [3.8, 4) is 16.9 Å². The van der Waals surface area contributed by atoms with Crippen molar-refractivity contribution in [3.63, 3.8) is 0 Å². The van der Waals surface area contributed by atoms with Crippen LogP contribution in [0.15, 0.2) is 70.9 Å². The van der Waals surface area contributed by atoms with Gasteiger partial charge in [-0.3, -0.25) is 4.79 Å². The molecule has 0 unspecified atom stereocenters. The molecule has 0 aliphatic rings. The number of carbonyl (C=O) groups is 2. The molecule has 0 saturated carbocycles. The Balaban J connectivity index is 1.60. The molecule has 0 saturated heterocycles. The number of thiophene rings is 1. The molecule has 0 spiro atoms. The summed E-state index contributed by atoms with van der Waals surface area (Å²) in [5.74, 6) is -0.526. The van der Waals surface area contributed by atoms with Crippen LogP contribution < -0.4 is 14.8 Å². The number of esters is 1. The molecule has 1 heterocycles. The van der Waals surface area contributed by atoms with E-state index in [9.17, 15) is 18.0 Å². The number of carbonyl (C=O) groups excluding carboxylic acids is 2. The zero-order valence-electron chi connectivity index (χ0n) is 22.2. The largest absolute Gasteiger partial charge is 0.459 e. The molecule has 0 radical (unpaired) electrons. The first kappa shape index (κ1) is 29.3. The highest BCUT2D eigenvalue weighted by molar-refractivity contribution is 7.89. The Kier molecular flexibility index (Phi) is 9.70. The molecule has 10 heteroatoms. The fourth-order valence-corrected chi connectivity index (χ4v) is 5.53. The van der Waals surface area contributed by atoms with Gasteiger partial charge in [-0.05, 0) is 79.9 Å². The molecule has 1 amide bonds. The summed E-state index contributed by atoms with van der Waals surface area (Å²) in [7, 11) is -3.96. The van der Waals surface area contributed by atoms with E-state index in [1.165, 1.54) is 17.0 Å². The third-order valence-corrected chi connectivity index (χ3v) is 7.79. The van der Waals surface area contributed by atoms with Crippen molar-refractivity contribution < 1.29 is 27.5 Å². The molecule has 3 aromatic rings. The van der Waals surface area contributed by atoms with Gasteiger partial charge in [0, 0.05) is 11.4 Å². The molecule has 2 N–H and O–H groups in total. The fraction of sp³-hybridized carbons (Fsp3) is 0.357. The Labute approximate surface area is 228 Å². The molecule has 1 atom stereocenters. The zero-order chi connectivity index (χ0) is 27.9. The first-order valence-corrected chi connectivity index (χ1v) is 14.6. The molecule has 204 valence electrons. The van der Waals surface area contributed by atoms with Crippen LogP contribution >= 0.6 is 11.3 Å². The van der Waals surface area contributed by atoms with Gasteiger partial charge in [0.1, 0.15) is 17.4 Å². The van der Waals surface area contributed by atoms with Crippen LogP contribution in [0.2, 0.25) is 0 Å². The zero-order valence-corrected chi connectivity index (χ0v) is 23.8. The summed E-state index contributed by atoms with van der Waals surface area (Å²) in [5, 5.41) is 4.72. The highest BCUT2D eigenvalue weighted by Gasteiger charge is 2.32. The van der Waals surface area contributed by atoms with Gasteiger partial charge >= 0.3 is 12.1 Å². The lowest BCUT2D eigenvalue weighted by Crippen LogP contribution is -2.47. The van der Waals surface area contributed by atoms with Crippen LogP contribution in [0.5, 0.6) is 5.75 Å². The molecule has 2 aromatic carbocycles.